The normalized spacial score (nSPS) is 19.7. The van der Waals surface area contributed by atoms with Crippen molar-refractivity contribution in [2.75, 3.05) is 25.1 Å². The van der Waals surface area contributed by atoms with Gasteiger partial charge in [-0.2, -0.15) is 0 Å². The third kappa shape index (κ3) is 3.57. The maximum atomic E-state index is 13.6. The molecule has 2 amide bonds. The predicted octanol–water partition coefficient (Wildman–Crippen LogP) is 5.02. The smallest absolute Gasteiger partial charge is 0.282 e. The fourth-order valence-electron chi connectivity index (χ4n) is 4.11. The topological polar surface area (TPSA) is 49.9 Å². The van der Waals surface area contributed by atoms with Gasteiger partial charge in [0.15, 0.2) is 0 Å². The Balaban J connectivity index is 1.84. The van der Waals surface area contributed by atoms with Crippen LogP contribution in [0.1, 0.15) is 25.3 Å². The molecule has 30 heavy (non-hydrogen) atoms. The van der Waals surface area contributed by atoms with Crippen molar-refractivity contribution in [3.8, 4) is 5.75 Å². The van der Waals surface area contributed by atoms with E-state index in [9.17, 15) is 9.59 Å². The molecule has 5 nitrogen and oxygen atoms in total. The van der Waals surface area contributed by atoms with Crippen LogP contribution in [-0.2, 0) is 9.59 Å². The molecule has 2 aromatic rings. The molecule has 0 saturated carbocycles. The van der Waals surface area contributed by atoms with Gasteiger partial charge in [0, 0.05) is 13.1 Å². The summed E-state index contributed by atoms with van der Waals surface area (Å²) in [6.45, 7) is 3.62. The Labute approximate surface area is 185 Å². The van der Waals surface area contributed by atoms with E-state index in [-0.39, 0.29) is 10.9 Å². The van der Waals surface area contributed by atoms with Gasteiger partial charge in [-0.15, -0.1) is 0 Å². The first-order valence-corrected chi connectivity index (χ1v) is 10.6. The molecule has 1 atom stereocenters. The van der Waals surface area contributed by atoms with E-state index in [1.54, 1.807) is 49.6 Å². The van der Waals surface area contributed by atoms with Crippen LogP contribution in [0.25, 0.3) is 5.57 Å². The number of piperidine rings is 1. The van der Waals surface area contributed by atoms with Gasteiger partial charge in [-0.05, 0) is 48.6 Å². The van der Waals surface area contributed by atoms with E-state index in [1.165, 1.54) is 0 Å². The first-order chi connectivity index (χ1) is 14.4. The van der Waals surface area contributed by atoms with Crippen LogP contribution in [0.4, 0.5) is 5.69 Å². The van der Waals surface area contributed by atoms with Gasteiger partial charge in [0.2, 0.25) is 0 Å². The number of halogens is 2. The zero-order chi connectivity index (χ0) is 21.4. The van der Waals surface area contributed by atoms with Gasteiger partial charge in [0.25, 0.3) is 11.8 Å². The van der Waals surface area contributed by atoms with Crippen LogP contribution < -0.4 is 9.64 Å². The second-order valence-corrected chi connectivity index (χ2v) is 8.45. The van der Waals surface area contributed by atoms with E-state index in [4.69, 9.17) is 27.9 Å². The van der Waals surface area contributed by atoms with E-state index < -0.39 is 5.91 Å². The van der Waals surface area contributed by atoms with E-state index in [0.29, 0.717) is 39.2 Å². The van der Waals surface area contributed by atoms with Gasteiger partial charge < -0.3 is 9.64 Å². The second-order valence-electron chi connectivity index (χ2n) is 7.66. The lowest BCUT2D eigenvalue weighted by molar-refractivity contribution is -0.120. The van der Waals surface area contributed by atoms with Gasteiger partial charge in [-0.3, -0.25) is 9.59 Å². The Morgan fingerprint density at radius 2 is 1.77 bits per heavy atom. The van der Waals surface area contributed by atoms with Crippen molar-refractivity contribution in [1.29, 1.82) is 0 Å². The summed E-state index contributed by atoms with van der Waals surface area (Å²) in [5, 5.41) is 0.476. The molecule has 1 fully saturated rings. The Morgan fingerprint density at radius 3 is 2.43 bits per heavy atom. The molecule has 0 spiro atoms. The highest BCUT2D eigenvalue weighted by Crippen LogP contribution is 2.40. The lowest BCUT2D eigenvalue weighted by atomic mass is 9.98. The average molecular weight is 445 g/mol. The minimum absolute atomic E-state index is 0.184. The maximum Gasteiger partial charge on any atom is 0.282 e. The van der Waals surface area contributed by atoms with Crippen molar-refractivity contribution < 1.29 is 14.3 Å². The lowest BCUT2D eigenvalue weighted by Crippen LogP contribution is -2.39. The fraction of sp³-hybridized carbons (Fsp3) is 0.304. The number of methoxy groups -OCH3 is 1. The standard InChI is InChI=1S/C23H22Cl2N2O3/c1-14-5-4-12-26(13-14)21-19(15-8-10-16(30-2)11-9-15)22(28)27(23(21)29)18-7-3-6-17(24)20(18)25/h3,6-11,14H,4-5,12-13H2,1-2H3. The van der Waals surface area contributed by atoms with Crippen molar-refractivity contribution in [3.05, 3.63) is 63.8 Å². The van der Waals surface area contributed by atoms with Crippen LogP contribution in [0.2, 0.25) is 10.0 Å². The Kier molecular flexibility index (Phi) is 5.76. The summed E-state index contributed by atoms with van der Waals surface area (Å²) in [5.74, 6) is 0.348. The largest absolute Gasteiger partial charge is 0.497 e. The third-order valence-corrected chi connectivity index (χ3v) is 6.39. The monoisotopic (exact) mass is 444 g/mol. The molecular weight excluding hydrogens is 423 g/mol. The summed E-state index contributed by atoms with van der Waals surface area (Å²) >= 11 is 12.5. The van der Waals surface area contributed by atoms with Gasteiger partial charge in [-0.1, -0.05) is 48.3 Å². The number of ether oxygens (including phenoxy) is 1. The molecular formula is C23H22Cl2N2O3. The molecule has 1 unspecified atom stereocenters. The predicted molar refractivity (Wildman–Crippen MR) is 119 cm³/mol. The molecule has 7 heteroatoms. The van der Waals surface area contributed by atoms with Crippen molar-refractivity contribution in [1.82, 2.24) is 4.90 Å². The van der Waals surface area contributed by atoms with E-state index >= 15 is 0 Å². The Morgan fingerprint density at radius 1 is 1.03 bits per heavy atom. The lowest BCUT2D eigenvalue weighted by Gasteiger charge is -2.33. The molecule has 2 aliphatic heterocycles. The summed E-state index contributed by atoms with van der Waals surface area (Å²) in [4.78, 5) is 30.3. The molecule has 0 bridgehead atoms. The number of likely N-dealkylation sites (tertiary alicyclic amines) is 1. The van der Waals surface area contributed by atoms with E-state index in [1.807, 2.05) is 4.90 Å². The molecule has 0 aromatic heterocycles. The summed E-state index contributed by atoms with van der Waals surface area (Å²) < 4.78 is 5.24. The molecule has 0 N–H and O–H groups in total. The minimum Gasteiger partial charge on any atom is -0.497 e. The number of benzene rings is 2. The molecule has 2 aromatic carbocycles. The highest BCUT2D eigenvalue weighted by Gasteiger charge is 2.43. The number of amides is 2. The highest BCUT2D eigenvalue weighted by molar-refractivity contribution is 6.49. The van der Waals surface area contributed by atoms with Gasteiger partial charge in [-0.25, -0.2) is 4.90 Å². The van der Waals surface area contributed by atoms with Crippen molar-refractivity contribution in [3.63, 3.8) is 0 Å². The highest BCUT2D eigenvalue weighted by atomic mass is 35.5. The van der Waals surface area contributed by atoms with Gasteiger partial charge in [0.1, 0.15) is 11.4 Å². The summed E-state index contributed by atoms with van der Waals surface area (Å²) in [6.07, 6.45) is 2.08. The molecule has 4 rings (SSSR count). The maximum absolute atomic E-state index is 13.6. The van der Waals surface area contributed by atoms with Crippen LogP contribution in [0.3, 0.4) is 0 Å². The van der Waals surface area contributed by atoms with Gasteiger partial charge >= 0.3 is 0 Å². The number of nitrogens with zero attached hydrogens (tertiary/aromatic N) is 2. The van der Waals surface area contributed by atoms with Crippen molar-refractivity contribution in [2.45, 2.75) is 19.8 Å². The van der Waals surface area contributed by atoms with Crippen LogP contribution in [0.15, 0.2) is 48.2 Å². The van der Waals surface area contributed by atoms with Crippen molar-refractivity contribution >= 4 is 46.3 Å². The number of hydrogen-bond acceptors (Lipinski definition) is 4. The number of carbonyl (C=O) groups is 2. The number of hydrogen-bond donors (Lipinski definition) is 0. The summed E-state index contributed by atoms with van der Waals surface area (Å²) in [5.41, 5.74) is 1.77. The SMILES string of the molecule is COc1ccc(C2=C(N3CCCC(C)C3)C(=O)N(c3cccc(Cl)c3Cl)C2=O)cc1. The molecule has 0 radical (unpaired) electrons. The number of carbonyl (C=O) groups excluding carboxylic acids is 2. The molecule has 1 saturated heterocycles. The minimum atomic E-state index is -0.400. The first kappa shape index (κ1) is 20.8. The van der Waals surface area contributed by atoms with E-state index in [0.717, 1.165) is 30.8 Å². The first-order valence-electron chi connectivity index (χ1n) is 9.88. The quantitative estimate of drug-likeness (QED) is 0.621. The molecule has 156 valence electrons. The third-order valence-electron chi connectivity index (χ3n) is 5.58. The zero-order valence-corrected chi connectivity index (χ0v) is 18.3. The molecule has 2 aliphatic rings. The number of imide groups is 1. The van der Waals surface area contributed by atoms with Crippen LogP contribution >= 0.6 is 23.2 Å². The van der Waals surface area contributed by atoms with Crippen LogP contribution in [-0.4, -0.2) is 36.9 Å². The molecule has 0 aliphatic carbocycles. The average Bonchev–Trinajstić information content (AvgIpc) is 3.00. The van der Waals surface area contributed by atoms with Crippen molar-refractivity contribution in [2.24, 2.45) is 5.92 Å². The Hall–Kier alpha value is -2.50. The fourth-order valence-corrected chi connectivity index (χ4v) is 4.49. The van der Waals surface area contributed by atoms with E-state index in [2.05, 4.69) is 6.92 Å². The summed E-state index contributed by atoms with van der Waals surface area (Å²) in [6, 6.07) is 12.1. The number of rotatable bonds is 4. The van der Waals surface area contributed by atoms with Crippen LogP contribution in [0.5, 0.6) is 5.75 Å². The summed E-state index contributed by atoms with van der Waals surface area (Å²) in [7, 11) is 1.59. The number of anilines is 1. The zero-order valence-electron chi connectivity index (χ0n) is 16.8. The van der Waals surface area contributed by atoms with Crippen LogP contribution in [0, 0.1) is 5.92 Å². The Bertz CT molecular complexity index is 1030. The van der Waals surface area contributed by atoms with Gasteiger partial charge in [0.05, 0.1) is 28.4 Å². The molecule has 2 heterocycles. The second kappa shape index (κ2) is 8.32.